The molecule has 1 aromatic carbocycles. The second-order valence-corrected chi connectivity index (χ2v) is 4.16. The lowest BCUT2D eigenvalue weighted by Crippen LogP contribution is -2.03. The number of carboxylic acids is 1. The summed E-state index contributed by atoms with van der Waals surface area (Å²) in [5.41, 5.74) is 0.536. The van der Waals surface area contributed by atoms with E-state index in [0.29, 0.717) is 11.4 Å². The number of aromatic nitrogens is 2. The van der Waals surface area contributed by atoms with Gasteiger partial charge in [0.15, 0.2) is 0 Å². The van der Waals surface area contributed by atoms with Crippen molar-refractivity contribution in [2.45, 2.75) is 6.92 Å². The molecule has 1 N–H and O–H groups in total. The number of hydrogen-bond donors (Lipinski definition) is 1. The Labute approximate surface area is 112 Å². The summed E-state index contributed by atoms with van der Waals surface area (Å²) in [5.74, 6) is -1.10. The molecule has 0 radical (unpaired) electrons. The van der Waals surface area contributed by atoms with Crippen LogP contribution in [0.4, 0.5) is 5.69 Å². The second kappa shape index (κ2) is 4.69. The molecule has 7 nitrogen and oxygen atoms in total. The number of carbonyl (C=O) groups is 1. The SMILES string of the molecule is Cc1c(C(=O)O)cnn1-c1ccc(Cl)c([N+](=O)[O-])c1. The first-order chi connectivity index (χ1) is 8.91. The number of hydrogen-bond acceptors (Lipinski definition) is 4. The largest absolute Gasteiger partial charge is 0.478 e. The van der Waals surface area contributed by atoms with Crippen LogP contribution in [0.5, 0.6) is 0 Å². The lowest BCUT2D eigenvalue weighted by atomic mass is 10.2. The third-order valence-corrected chi connectivity index (χ3v) is 2.93. The fraction of sp³-hybridized carbons (Fsp3) is 0.0909. The number of nitrogens with zero attached hydrogens (tertiary/aromatic N) is 3. The summed E-state index contributed by atoms with van der Waals surface area (Å²) < 4.78 is 1.31. The second-order valence-electron chi connectivity index (χ2n) is 3.75. The predicted molar refractivity (Wildman–Crippen MR) is 66.9 cm³/mol. The van der Waals surface area contributed by atoms with Crippen LogP contribution in [-0.2, 0) is 0 Å². The zero-order valence-electron chi connectivity index (χ0n) is 9.70. The van der Waals surface area contributed by atoms with Gasteiger partial charge in [-0.1, -0.05) is 11.6 Å². The molecule has 1 heterocycles. The molecule has 0 aliphatic heterocycles. The van der Waals surface area contributed by atoms with Gasteiger partial charge < -0.3 is 5.11 Å². The van der Waals surface area contributed by atoms with E-state index in [9.17, 15) is 14.9 Å². The maximum Gasteiger partial charge on any atom is 0.339 e. The van der Waals surface area contributed by atoms with Crippen LogP contribution in [0.3, 0.4) is 0 Å². The number of nitro groups is 1. The summed E-state index contributed by atoms with van der Waals surface area (Å²) in [6, 6.07) is 4.14. The minimum absolute atomic E-state index is 0.0111. The summed E-state index contributed by atoms with van der Waals surface area (Å²) in [6.45, 7) is 1.57. The van der Waals surface area contributed by atoms with Crippen LogP contribution >= 0.6 is 11.6 Å². The van der Waals surface area contributed by atoms with E-state index >= 15 is 0 Å². The Morgan fingerprint density at radius 1 is 1.53 bits per heavy atom. The first-order valence-electron chi connectivity index (χ1n) is 5.14. The van der Waals surface area contributed by atoms with Crippen molar-refractivity contribution in [3.8, 4) is 5.69 Å². The third kappa shape index (κ3) is 2.27. The van der Waals surface area contributed by atoms with E-state index in [0.717, 1.165) is 0 Å². The van der Waals surface area contributed by atoms with E-state index < -0.39 is 10.9 Å². The van der Waals surface area contributed by atoms with Crippen molar-refractivity contribution in [3.05, 3.63) is 50.8 Å². The van der Waals surface area contributed by atoms with Crippen LogP contribution in [0.25, 0.3) is 5.69 Å². The Kier molecular flexibility index (Phi) is 3.22. The molecule has 0 fully saturated rings. The molecule has 98 valence electrons. The monoisotopic (exact) mass is 281 g/mol. The summed E-state index contributed by atoms with van der Waals surface area (Å²) in [6.07, 6.45) is 1.19. The van der Waals surface area contributed by atoms with Crippen LogP contribution < -0.4 is 0 Å². The number of benzene rings is 1. The van der Waals surface area contributed by atoms with Gasteiger partial charge >= 0.3 is 5.97 Å². The summed E-state index contributed by atoms with van der Waals surface area (Å²) in [4.78, 5) is 21.1. The minimum atomic E-state index is -1.10. The van der Waals surface area contributed by atoms with Gasteiger partial charge in [0.25, 0.3) is 5.69 Å². The van der Waals surface area contributed by atoms with E-state index in [4.69, 9.17) is 16.7 Å². The zero-order valence-corrected chi connectivity index (χ0v) is 10.5. The molecule has 0 unspecified atom stereocenters. The van der Waals surface area contributed by atoms with Gasteiger partial charge in [0.1, 0.15) is 10.6 Å². The highest BCUT2D eigenvalue weighted by Crippen LogP contribution is 2.27. The molecule has 0 amide bonds. The molecule has 0 aliphatic rings. The molecule has 0 bridgehead atoms. The molecule has 0 atom stereocenters. The Bertz CT molecular complexity index is 681. The van der Waals surface area contributed by atoms with Crippen molar-refractivity contribution in [2.24, 2.45) is 0 Å². The zero-order chi connectivity index (χ0) is 14.2. The Hall–Kier alpha value is -2.41. The van der Waals surface area contributed by atoms with Gasteiger partial charge in [0.2, 0.25) is 0 Å². The smallest absolute Gasteiger partial charge is 0.339 e. The van der Waals surface area contributed by atoms with Crippen LogP contribution in [0, 0.1) is 17.0 Å². The Balaban J connectivity index is 2.57. The van der Waals surface area contributed by atoms with Crippen molar-refractivity contribution in [1.29, 1.82) is 0 Å². The van der Waals surface area contributed by atoms with Gasteiger partial charge in [0, 0.05) is 6.07 Å². The lowest BCUT2D eigenvalue weighted by Gasteiger charge is -2.05. The average Bonchev–Trinajstić information content (AvgIpc) is 2.71. The first kappa shape index (κ1) is 13.0. The fourth-order valence-corrected chi connectivity index (χ4v) is 1.84. The van der Waals surface area contributed by atoms with Gasteiger partial charge in [0.05, 0.1) is 22.5 Å². The van der Waals surface area contributed by atoms with Crippen molar-refractivity contribution in [1.82, 2.24) is 9.78 Å². The average molecular weight is 282 g/mol. The molecule has 1 aromatic heterocycles. The van der Waals surface area contributed by atoms with Crippen LogP contribution in [-0.4, -0.2) is 25.8 Å². The first-order valence-corrected chi connectivity index (χ1v) is 5.52. The van der Waals surface area contributed by atoms with Crippen molar-refractivity contribution in [3.63, 3.8) is 0 Å². The van der Waals surface area contributed by atoms with E-state index in [1.54, 1.807) is 6.92 Å². The van der Waals surface area contributed by atoms with Crippen molar-refractivity contribution < 1.29 is 14.8 Å². The molecule has 0 aliphatic carbocycles. The normalized spacial score (nSPS) is 10.4. The standard InChI is InChI=1S/C11H8ClN3O4/c1-6-8(11(16)17)5-13-14(6)7-2-3-9(12)10(4-7)15(18)19/h2-5H,1H3,(H,16,17). The van der Waals surface area contributed by atoms with Crippen LogP contribution in [0.2, 0.25) is 5.02 Å². The third-order valence-electron chi connectivity index (χ3n) is 2.61. The Morgan fingerprint density at radius 3 is 2.74 bits per heavy atom. The molecular weight excluding hydrogens is 274 g/mol. The molecule has 8 heteroatoms. The number of carboxylic acid groups (broad SMARTS) is 1. The molecule has 19 heavy (non-hydrogen) atoms. The van der Waals surface area contributed by atoms with Crippen molar-refractivity contribution in [2.75, 3.05) is 0 Å². The predicted octanol–water partition coefficient (Wildman–Crippen LogP) is 2.44. The number of rotatable bonds is 3. The molecule has 0 spiro atoms. The molecule has 2 aromatic rings. The molecule has 0 saturated carbocycles. The highest BCUT2D eigenvalue weighted by atomic mass is 35.5. The van der Waals surface area contributed by atoms with E-state index in [1.165, 1.54) is 29.1 Å². The highest BCUT2D eigenvalue weighted by Gasteiger charge is 2.17. The van der Waals surface area contributed by atoms with E-state index in [2.05, 4.69) is 5.10 Å². The summed E-state index contributed by atoms with van der Waals surface area (Å²) in [7, 11) is 0. The Morgan fingerprint density at radius 2 is 2.21 bits per heavy atom. The van der Waals surface area contributed by atoms with Crippen molar-refractivity contribution >= 4 is 23.3 Å². The summed E-state index contributed by atoms with van der Waals surface area (Å²) in [5, 5.41) is 23.6. The minimum Gasteiger partial charge on any atom is -0.478 e. The van der Waals surface area contributed by atoms with Crippen LogP contribution in [0.1, 0.15) is 16.1 Å². The lowest BCUT2D eigenvalue weighted by molar-refractivity contribution is -0.384. The fourth-order valence-electron chi connectivity index (χ4n) is 1.65. The number of halogens is 1. The summed E-state index contributed by atoms with van der Waals surface area (Å²) >= 11 is 5.71. The number of nitro benzene ring substituents is 1. The highest BCUT2D eigenvalue weighted by molar-refractivity contribution is 6.32. The van der Waals surface area contributed by atoms with Gasteiger partial charge in [-0.05, 0) is 19.1 Å². The maximum atomic E-state index is 10.9. The van der Waals surface area contributed by atoms with Gasteiger partial charge in [-0.25, -0.2) is 9.48 Å². The molecular formula is C11H8ClN3O4. The van der Waals surface area contributed by atoms with E-state index in [-0.39, 0.29) is 16.3 Å². The van der Waals surface area contributed by atoms with Crippen LogP contribution in [0.15, 0.2) is 24.4 Å². The molecule has 0 saturated heterocycles. The van der Waals surface area contributed by atoms with E-state index in [1.807, 2.05) is 0 Å². The van der Waals surface area contributed by atoms with Gasteiger partial charge in [-0.3, -0.25) is 10.1 Å². The molecule has 2 rings (SSSR count). The van der Waals surface area contributed by atoms with Gasteiger partial charge in [-0.15, -0.1) is 0 Å². The van der Waals surface area contributed by atoms with Gasteiger partial charge in [-0.2, -0.15) is 5.10 Å². The number of aromatic carboxylic acids is 1. The topological polar surface area (TPSA) is 98.3 Å². The maximum absolute atomic E-state index is 10.9. The quantitative estimate of drug-likeness (QED) is 0.688.